The number of hydrogen-bond donors (Lipinski definition) is 2. The lowest BCUT2D eigenvalue weighted by atomic mass is 12.0. The van der Waals surface area contributed by atoms with Gasteiger partial charge in [-0.05, 0) is 4.93 Å². The number of alkyl halides is 1. The third-order valence-corrected chi connectivity index (χ3v) is 0. The van der Waals surface area contributed by atoms with Crippen molar-refractivity contribution in [3.05, 3.63) is 0 Å². The van der Waals surface area contributed by atoms with Crippen molar-refractivity contribution < 1.29 is 5.21 Å². The largest absolute Gasteiger partial charge is 0.320 e. The fourth-order valence-corrected chi connectivity index (χ4v) is 0. The van der Waals surface area contributed by atoms with Crippen LogP contribution >= 0.6 is 35.0 Å². The number of halogens is 2. The number of rotatable bonds is 0. The van der Waals surface area contributed by atoms with E-state index in [1.807, 2.05) is 4.93 Å². The molecule has 4 heteroatoms. The predicted molar refractivity (Wildman–Crippen MR) is 33.2 cm³/mol. The first-order chi connectivity index (χ1) is 2.00. The molecule has 0 saturated heterocycles. The average Bonchev–Trinajstić information content (AvgIpc) is 1.50. The molecule has 0 atom stereocenters. The second-order valence-corrected chi connectivity index (χ2v) is 0. The van der Waals surface area contributed by atoms with Gasteiger partial charge in [-0.2, -0.15) is 0 Å². The third kappa shape index (κ3) is 48.3. The van der Waals surface area contributed by atoms with E-state index in [1.54, 1.807) is 0 Å². The molecule has 0 rings (SSSR count). The summed E-state index contributed by atoms with van der Waals surface area (Å²) < 4.78 is 0. The molecular weight excluding hydrogens is 204 g/mol. The topological polar surface area (TPSA) is 46.2 Å². The molecule has 0 amide bonds. The SMILES string of the molecule is CI.Cl.NO. The van der Waals surface area contributed by atoms with E-state index in [0.29, 0.717) is 0 Å². The Morgan fingerprint density at radius 1 is 1.40 bits per heavy atom. The first-order valence-corrected chi connectivity index (χ1v) is 2.79. The zero-order valence-corrected chi connectivity index (χ0v) is 5.78. The van der Waals surface area contributed by atoms with Crippen molar-refractivity contribution in [3.63, 3.8) is 0 Å². The van der Waals surface area contributed by atoms with Gasteiger partial charge in [0.2, 0.25) is 0 Å². The zero-order chi connectivity index (χ0) is 4.00. The van der Waals surface area contributed by atoms with Gasteiger partial charge in [-0.3, -0.25) is 0 Å². The van der Waals surface area contributed by atoms with Crippen molar-refractivity contribution in [3.8, 4) is 0 Å². The molecule has 0 aromatic rings. The molecule has 36 valence electrons. The van der Waals surface area contributed by atoms with Crippen LogP contribution in [-0.4, -0.2) is 10.1 Å². The van der Waals surface area contributed by atoms with Gasteiger partial charge in [0.1, 0.15) is 0 Å². The Balaban J connectivity index is -0.0000000133. The molecule has 0 unspecified atom stereocenters. The fourth-order valence-electron chi connectivity index (χ4n) is 0. The number of nitrogens with two attached hydrogens (primary N) is 1. The van der Waals surface area contributed by atoms with E-state index in [-0.39, 0.29) is 12.4 Å². The molecule has 0 spiro atoms. The molecule has 0 aromatic heterocycles. The van der Waals surface area contributed by atoms with E-state index in [0.717, 1.165) is 0 Å². The van der Waals surface area contributed by atoms with Gasteiger partial charge in [0.25, 0.3) is 0 Å². The first kappa shape index (κ1) is 16.8. The summed E-state index contributed by atoms with van der Waals surface area (Å²) in [5, 5.41) is 6.50. The van der Waals surface area contributed by atoms with Crippen LogP contribution in [0.25, 0.3) is 0 Å². The second kappa shape index (κ2) is 86.8. The normalized spacial score (nSPS) is 2.40. The molecule has 2 nitrogen and oxygen atoms in total. The minimum absolute atomic E-state index is 0. The van der Waals surface area contributed by atoms with Crippen LogP contribution in [0.2, 0.25) is 0 Å². The Hall–Kier alpha value is 0.940. The average molecular weight is 211 g/mol. The van der Waals surface area contributed by atoms with Crippen molar-refractivity contribution in [2.75, 3.05) is 4.93 Å². The van der Waals surface area contributed by atoms with Crippen LogP contribution in [0.5, 0.6) is 0 Å². The van der Waals surface area contributed by atoms with Gasteiger partial charge in [-0.15, -0.1) is 12.4 Å². The van der Waals surface area contributed by atoms with E-state index >= 15 is 0 Å². The molecule has 0 bridgehead atoms. The molecule has 3 N–H and O–H groups in total. The molecule has 0 radical (unpaired) electrons. The van der Waals surface area contributed by atoms with Gasteiger partial charge in [0.05, 0.1) is 0 Å². The second-order valence-electron chi connectivity index (χ2n) is 0. The highest BCUT2D eigenvalue weighted by Crippen LogP contribution is 1.48. The van der Waals surface area contributed by atoms with E-state index in [1.165, 1.54) is 0 Å². The van der Waals surface area contributed by atoms with Crippen LogP contribution in [0.1, 0.15) is 0 Å². The molecular formula is CH7ClINO. The van der Waals surface area contributed by atoms with Gasteiger partial charge in [0.15, 0.2) is 0 Å². The summed E-state index contributed by atoms with van der Waals surface area (Å²) in [6, 6.07) is 0. The first-order valence-electron chi connectivity index (χ1n) is 0.636. The summed E-state index contributed by atoms with van der Waals surface area (Å²) in [5.41, 5.74) is 0. The van der Waals surface area contributed by atoms with E-state index in [9.17, 15) is 0 Å². The fraction of sp³-hybridized carbons (Fsp3) is 1.00. The molecule has 0 saturated carbocycles. The third-order valence-electron chi connectivity index (χ3n) is 0. The molecule has 0 aliphatic carbocycles. The Morgan fingerprint density at radius 3 is 1.40 bits per heavy atom. The van der Waals surface area contributed by atoms with Crippen molar-refractivity contribution in [2.24, 2.45) is 5.90 Å². The quantitative estimate of drug-likeness (QED) is 0.354. The van der Waals surface area contributed by atoms with Crippen molar-refractivity contribution in [1.29, 1.82) is 0 Å². The van der Waals surface area contributed by atoms with Crippen LogP contribution < -0.4 is 5.90 Å². The lowest BCUT2D eigenvalue weighted by Crippen LogP contribution is -1.72. The molecule has 5 heavy (non-hydrogen) atoms. The molecule has 0 heterocycles. The monoisotopic (exact) mass is 211 g/mol. The Morgan fingerprint density at radius 2 is 1.40 bits per heavy atom. The Bertz CT molecular complexity index is 11.6. The summed E-state index contributed by atoms with van der Waals surface area (Å²) in [6.45, 7) is 0. The van der Waals surface area contributed by atoms with Crippen molar-refractivity contribution in [2.45, 2.75) is 0 Å². The Kier molecular flexibility index (Phi) is 291. The van der Waals surface area contributed by atoms with Crippen LogP contribution in [0.15, 0.2) is 0 Å². The summed E-state index contributed by atoms with van der Waals surface area (Å²) in [7, 11) is 0. The van der Waals surface area contributed by atoms with E-state index < -0.39 is 0 Å². The standard InChI is InChI=1S/CH3I.ClH.H3NO/c1-2;;1-2/h1H3;1H;2H,1H2. The number of hydrogen-bond acceptors (Lipinski definition) is 2. The maximum atomic E-state index is 6.50. The van der Waals surface area contributed by atoms with Gasteiger partial charge in [-0.1, -0.05) is 22.6 Å². The van der Waals surface area contributed by atoms with E-state index in [4.69, 9.17) is 5.21 Å². The lowest BCUT2D eigenvalue weighted by molar-refractivity contribution is 0.311. The van der Waals surface area contributed by atoms with Gasteiger partial charge >= 0.3 is 0 Å². The summed E-state index contributed by atoms with van der Waals surface area (Å²) in [5.74, 6) is 3.50. The van der Waals surface area contributed by atoms with Crippen LogP contribution in [0, 0.1) is 0 Å². The maximum Gasteiger partial charge on any atom is -0.0121 e. The molecule has 0 fully saturated rings. The molecule has 0 aliphatic rings. The predicted octanol–water partition coefficient (Wildman–Crippen LogP) is 0.807. The maximum absolute atomic E-state index is 6.50. The van der Waals surface area contributed by atoms with Crippen molar-refractivity contribution in [1.82, 2.24) is 0 Å². The highest BCUT2D eigenvalue weighted by molar-refractivity contribution is 14.1. The summed E-state index contributed by atoms with van der Waals surface area (Å²) in [4.78, 5) is 1.97. The van der Waals surface area contributed by atoms with Gasteiger partial charge in [0, 0.05) is 0 Å². The minimum atomic E-state index is 0. The van der Waals surface area contributed by atoms with Gasteiger partial charge in [-0.25, -0.2) is 5.90 Å². The van der Waals surface area contributed by atoms with Crippen LogP contribution in [0.3, 0.4) is 0 Å². The van der Waals surface area contributed by atoms with Crippen molar-refractivity contribution >= 4 is 35.0 Å². The van der Waals surface area contributed by atoms with Crippen LogP contribution in [-0.2, 0) is 0 Å². The highest BCUT2D eigenvalue weighted by atomic mass is 127. The van der Waals surface area contributed by atoms with Crippen LogP contribution in [0.4, 0.5) is 0 Å². The van der Waals surface area contributed by atoms with E-state index in [2.05, 4.69) is 28.5 Å². The highest BCUT2D eigenvalue weighted by Gasteiger charge is 0.950. The lowest BCUT2D eigenvalue weighted by Gasteiger charge is -1.27. The summed E-state index contributed by atoms with van der Waals surface area (Å²) >= 11 is 2.15. The van der Waals surface area contributed by atoms with Gasteiger partial charge < -0.3 is 5.21 Å². The summed E-state index contributed by atoms with van der Waals surface area (Å²) in [6.07, 6.45) is 0. The molecule has 0 aromatic carbocycles. The Labute approximate surface area is 51.2 Å². The molecule has 0 aliphatic heterocycles. The minimum Gasteiger partial charge on any atom is -0.320 e. The smallest absolute Gasteiger partial charge is 0.0121 e. The zero-order valence-electron chi connectivity index (χ0n) is 2.81.